The van der Waals surface area contributed by atoms with Crippen LogP contribution in [0.25, 0.3) is 11.3 Å². The number of aromatic nitrogens is 2. The van der Waals surface area contributed by atoms with Crippen molar-refractivity contribution in [1.82, 2.24) is 9.78 Å². The fourth-order valence-corrected chi connectivity index (χ4v) is 3.02. The molecule has 1 aromatic heterocycles. The summed E-state index contributed by atoms with van der Waals surface area (Å²) in [7, 11) is 4.53. The zero-order valence-electron chi connectivity index (χ0n) is 16.6. The number of nitrogens with one attached hydrogen (secondary N) is 1. The van der Waals surface area contributed by atoms with Crippen LogP contribution in [-0.2, 0) is 11.3 Å². The lowest BCUT2D eigenvalue weighted by Gasteiger charge is -2.14. The van der Waals surface area contributed by atoms with Crippen molar-refractivity contribution < 1.29 is 19.0 Å². The van der Waals surface area contributed by atoms with Gasteiger partial charge in [0.25, 0.3) is 5.56 Å². The Balaban J connectivity index is 1.91. The lowest BCUT2D eigenvalue weighted by Crippen LogP contribution is -2.29. The Morgan fingerprint density at radius 2 is 1.70 bits per heavy atom. The predicted octanol–water partition coefficient (Wildman–Crippen LogP) is 3.23. The number of para-hydroxylation sites is 1. The van der Waals surface area contributed by atoms with Gasteiger partial charge in [0, 0.05) is 11.6 Å². The third-order valence-corrected chi connectivity index (χ3v) is 4.60. The SMILES string of the molecule is COc1cc(-c2ccc(=O)n(CC(=O)Nc3ccccc3Cl)n2)cc(OC)c1OC. The highest BCUT2D eigenvalue weighted by molar-refractivity contribution is 6.33. The van der Waals surface area contributed by atoms with Gasteiger partial charge in [-0.25, -0.2) is 4.68 Å². The molecule has 0 aliphatic rings. The summed E-state index contributed by atoms with van der Waals surface area (Å²) in [6, 6.07) is 13.2. The minimum atomic E-state index is -0.431. The standard InChI is InChI=1S/C21H20ClN3O5/c1-28-17-10-13(11-18(29-2)21(17)30-3)15-8-9-20(27)25(24-15)12-19(26)23-16-7-5-4-6-14(16)22/h4-11H,12H2,1-3H3,(H,23,26). The molecule has 9 heteroatoms. The highest BCUT2D eigenvalue weighted by Gasteiger charge is 2.16. The molecule has 8 nitrogen and oxygen atoms in total. The van der Waals surface area contributed by atoms with E-state index in [2.05, 4.69) is 10.4 Å². The van der Waals surface area contributed by atoms with E-state index >= 15 is 0 Å². The first-order valence-electron chi connectivity index (χ1n) is 8.89. The van der Waals surface area contributed by atoms with Gasteiger partial charge >= 0.3 is 0 Å². The summed E-state index contributed by atoms with van der Waals surface area (Å²) in [6.07, 6.45) is 0. The summed E-state index contributed by atoms with van der Waals surface area (Å²) in [5.74, 6) is 0.904. The van der Waals surface area contributed by atoms with Gasteiger partial charge in [0.05, 0.1) is 37.7 Å². The normalized spacial score (nSPS) is 10.4. The van der Waals surface area contributed by atoms with Gasteiger partial charge in [-0.15, -0.1) is 0 Å². The zero-order valence-corrected chi connectivity index (χ0v) is 17.4. The Labute approximate surface area is 178 Å². The average Bonchev–Trinajstić information content (AvgIpc) is 2.75. The number of ether oxygens (including phenoxy) is 3. The lowest BCUT2D eigenvalue weighted by molar-refractivity contribution is -0.117. The molecule has 0 aliphatic heterocycles. The van der Waals surface area contributed by atoms with Gasteiger partial charge in [-0.3, -0.25) is 9.59 Å². The van der Waals surface area contributed by atoms with Crippen LogP contribution in [0, 0.1) is 0 Å². The summed E-state index contributed by atoms with van der Waals surface area (Å²) >= 11 is 6.06. The molecule has 0 fully saturated rings. The average molecular weight is 430 g/mol. The minimum absolute atomic E-state index is 0.275. The number of benzene rings is 2. The first-order valence-corrected chi connectivity index (χ1v) is 9.27. The summed E-state index contributed by atoms with van der Waals surface area (Å²) in [6.45, 7) is -0.275. The molecule has 3 aromatic rings. The van der Waals surface area contributed by atoms with Crippen LogP contribution in [0.1, 0.15) is 0 Å². The number of methoxy groups -OCH3 is 3. The third-order valence-electron chi connectivity index (χ3n) is 4.27. The molecule has 0 saturated heterocycles. The van der Waals surface area contributed by atoms with Crippen LogP contribution in [0.2, 0.25) is 5.02 Å². The van der Waals surface area contributed by atoms with E-state index in [1.165, 1.54) is 27.4 Å². The van der Waals surface area contributed by atoms with Gasteiger partial charge in [0.1, 0.15) is 6.54 Å². The van der Waals surface area contributed by atoms with Crippen LogP contribution in [0.3, 0.4) is 0 Å². The molecule has 30 heavy (non-hydrogen) atoms. The molecule has 1 amide bonds. The van der Waals surface area contributed by atoms with Crippen LogP contribution in [0.5, 0.6) is 17.2 Å². The number of amides is 1. The molecule has 1 N–H and O–H groups in total. The Kier molecular flexibility index (Phi) is 6.58. The van der Waals surface area contributed by atoms with Crippen LogP contribution in [0.15, 0.2) is 53.3 Å². The van der Waals surface area contributed by atoms with Crippen LogP contribution in [-0.4, -0.2) is 37.0 Å². The Morgan fingerprint density at radius 3 is 2.30 bits per heavy atom. The van der Waals surface area contributed by atoms with Gasteiger partial charge in [-0.05, 0) is 30.3 Å². The molecular weight excluding hydrogens is 410 g/mol. The topological polar surface area (TPSA) is 91.7 Å². The number of carbonyl (C=O) groups excluding carboxylic acids is 1. The summed E-state index contributed by atoms with van der Waals surface area (Å²) < 4.78 is 17.1. The molecule has 3 rings (SSSR count). The molecule has 0 spiro atoms. The Bertz CT molecular complexity index is 1100. The van der Waals surface area contributed by atoms with Crippen LogP contribution in [0.4, 0.5) is 5.69 Å². The quantitative estimate of drug-likeness (QED) is 0.620. The van der Waals surface area contributed by atoms with Crippen molar-refractivity contribution in [1.29, 1.82) is 0 Å². The summed E-state index contributed by atoms with van der Waals surface area (Å²) in [5.41, 5.74) is 1.13. The van der Waals surface area contributed by atoms with E-state index in [-0.39, 0.29) is 6.54 Å². The Morgan fingerprint density at radius 1 is 1.03 bits per heavy atom. The number of anilines is 1. The van der Waals surface area contributed by atoms with Crippen molar-refractivity contribution in [3.63, 3.8) is 0 Å². The second-order valence-electron chi connectivity index (χ2n) is 6.16. The summed E-state index contributed by atoms with van der Waals surface area (Å²) in [5, 5.41) is 7.38. The van der Waals surface area contributed by atoms with Gasteiger partial charge in [0.2, 0.25) is 11.7 Å². The van der Waals surface area contributed by atoms with Crippen molar-refractivity contribution in [3.8, 4) is 28.5 Å². The monoisotopic (exact) mass is 429 g/mol. The van der Waals surface area contributed by atoms with E-state index in [1.54, 1.807) is 42.5 Å². The fourth-order valence-electron chi connectivity index (χ4n) is 2.83. The van der Waals surface area contributed by atoms with Crippen LogP contribution >= 0.6 is 11.6 Å². The van der Waals surface area contributed by atoms with Crippen molar-refractivity contribution in [2.75, 3.05) is 26.6 Å². The van der Waals surface area contributed by atoms with Gasteiger partial charge in [-0.1, -0.05) is 23.7 Å². The van der Waals surface area contributed by atoms with Crippen LogP contribution < -0.4 is 25.1 Å². The van der Waals surface area contributed by atoms with Crippen molar-refractivity contribution >= 4 is 23.2 Å². The molecule has 0 saturated carbocycles. The van der Waals surface area contributed by atoms with Gasteiger partial charge in [0.15, 0.2) is 11.5 Å². The van der Waals surface area contributed by atoms with Gasteiger partial charge < -0.3 is 19.5 Å². The number of carbonyl (C=O) groups is 1. The number of hydrogen-bond acceptors (Lipinski definition) is 6. The molecule has 2 aromatic carbocycles. The van der Waals surface area contributed by atoms with Crippen molar-refractivity contribution in [2.24, 2.45) is 0 Å². The first-order chi connectivity index (χ1) is 14.5. The molecule has 0 atom stereocenters. The van der Waals surface area contributed by atoms with Crippen molar-refractivity contribution in [3.05, 3.63) is 63.9 Å². The third kappa shape index (κ3) is 4.55. The first kappa shape index (κ1) is 21.2. The second-order valence-corrected chi connectivity index (χ2v) is 6.56. The summed E-state index contributed by atoms with van der Waals surface area (Å²) in [4.78, 5) is 24.6. The van der Waals surface area contributed by atoms with E-state index in [0.717, 1.165) is 4.68 Å². The number of rotatable bonds is 7. The molecule has 156 valence electrons. The highest BCUT2D eigenvalue weighted by atomic mass is 35.5. The number of hydrogen-bond donors (Lipinski definition) is 1. The van der Waals surface area contributed by atoms with E-state index < -0.39 is 11.5 Å². The number of nitrogens with zero attached hydrogens (tertiary/aromatic N) is 2. The largest absolute Gasteiger partial charge is 0.493 e. The highest BCUT2D eigenvalue weighted by Crippen LogP contribution is 2.40. The van der Waals surface area contributed by atoms with Gasteiger partial charge in [-0.2, -0.15) is 5.10 Å². The van der Waals surface area contributed by atoms with E-state index in [9.17, 15) is 9.59 Å². The molecule has 1 heterocycles. The molecule has 0 aliphatic carbocycles. The minimum Gasteiger partial charge on any atom is -0.493 e. The maximum Gasteiger partial charge on any atom is 0.267 e. The smallest absolute Gasteiger partial charge is 0.267 e. The number of halogens is 1. The molecule has 0 unspecified atom stereocenters. The molecular formula is C21H20ClN3O5. The predicted molar refractivity (Wildman–Crippen MR) is 114 cm³/mol. The maximum atomic E-state index is 12.4. The molecule has 0 radical (unpaired) electrons. The van der Waals surface area contributed by atoms with E-state index in [4.69, 9.17) is 25.8 Å². The van der Waals surface area contributed by atoms with E-state index in [0.29, 0.717) is 39.2 Å². The molecule has 0 bridgehead atoms. The lowest BCUT2D eigenvalue weighted by atomic mass is 10.1. The maximum absolute atomic E-state index is 12.4. The van der Waals surface area contributed by atoms with Crippen molar-refractivity contribution in [2.45, 2.75) is 6.54 Å². The zero-order chi connectivity index (χ0) is 21.7. The second kappa shape index (κ2) is 9.32. The Hall–Kier alpha value is -3.52. The fraction of sp³-hybridized carbons (Fsp3) is 0.190. The van der Waals surface area contributed by atoms with E-state index in [1.807, 2.05) is 0 Å².